The molecule has 0 bridgehead atoms. The van der Waals surface area contributed by atoms with Gasteiger partial charge in [-0.3, -0.25) is 0 Å². The first kappa shape index (κ1) is 9.86. The van der Waals surface area contributed by atoms with E-state index in [1.807, 2.05) is 0 Å². The first-order chi connectivity index (χ1) is 6.70. The minimum atomic E-state index is 0.390. The molecule has 0 atom stereocenters. The second-order valence-electron chi connectivity index (χ2n) is 3.84. The van der Waals surface area contributed by atoms with Crippen molar-refractivity contribution in [3.05, 3.63) is 5.82 Å². The van der Waals surface area contributed by atoms with Gasteiger partial charge in [0.25, 0.3) is 0 Å². The molecule has 1 saturated carbocycles. The molecule has 0 amide bonds. The maximum absolute atomic E-state index is 5.76. The van der Waals surface area contributed by atoms with Gasteiger partial charge in [-0.2, -0.15) is 4.37 Å². The number of aromatic nitrogens is 2. The van der Waals surface area contributed by atoms with Gasteiger partial charge in [0.2, 0.25) is 5.13 Å². The van der Waals surface area contributed by atoms with E-state index in [1.165, 1.54) is 11.5 Å². The van der Waals surface area contributed by atoms with Crippen molar-refractivity contribution < 1.29 is 0 Å². The summed E-state index contributed by atoms with van der Waals surface area (Å²) in [6, 6.07) is 0.962. The van der Waals surface area contributed by atoms with Crippen molar-refractivity contribution in [3.8, 4) is 0 Å². The van der Waals surface area contributed by atoms with Crippen LogP contribution in [-0.4, -0.2) is 28.5 Å². The Balaban J connectivity index is 2.00. The van der Waals surface area contributed by atoms with Gasteiger partial charge in [-0.25, -0.2) is 4.98 Å². The van der Waals surface area contributed by atoms with E-state index in [9.17, 15) is 0 Å². The fourth-order valence-corrected chi connectivity index (χ4v) is 2.41. The minimum absolute atomic E-state index is 0.390. The van der Waals surface area contributed by atoms with Gasteiger partial charge in [0, 0.05) is 37.1 Å². The Bertz CT molecular complexity index is 306. The number of anilines is 1. The zero-order valence-electron chi connectivity index (χ0n) is 8.60. The largest absolute Gasteiger partial charge is 0.347 e. The zero-order chi connectivity index (χ0) is 10.1. The number of rotatable bonds is 3. The van der Waals surface area contributed by atoms with Crippen molar-refractivity contribution in [1.82, 2.24) is 9.36 Å². The number of nitrogens with zero attached hydrogens (tertiary/aromatic N) is 3. The van der Waals surface area contributed by atoms with E-state index in [4.69, 9.17) is 5.73 Å². The summed E-state index contributed by atoms with van der Waals surface area (Å²) >= 11 is 1.49. The quantitative estimate of drug-likeness (QED) is 0.813. The van der Waals surface area contributed by atoms with Gasteiger partial charge in [-0.05, 0) is 12.8 Å². The molecule has 1 aromatic rings. The Kier molecular flexibility index (Phi) is 2.69. The Hall–Kier alpha value is -0.680. The molecule has 1 fully saturated rings. The van der Waals surface area contributed by atoms with Gasteiger partial charge in [0.1, 0.15) is 5.82 Å². The number of hydrogen-bond acceptors (Lipinski definition) is 5. The smallest absolute Gasteiger partial charge is 0.205 e. The third-order valence-corrected chi connectivity index (χ3v) is 3.62. The average molecular weight is 212 g/mol. The normalized spacial score (nSPS) is 25.9. The summed E-state index contributed by atoms with van der Waals surface area (Å²) in [5.74, 6) is 0.945. The SMILES string of the molecule is CCc1nsc(N(C)C2CC(N)C2)n1. The molecule has 0 saturated heterocycles. The molecule has 0 unspecified atom stereocenters. The molecule has 0 aromatic carbocycles. The van der Waals surface area contributed by atoms with Crippen molar-refractivity contribution in [2.24, 2.45) is 5.73 Å². The summed E-state index contributed by atoms with van der Waals surface area (Å²) in [5.41, 5.74) is 5.76. The molecular formula is C9H16N4S. The molecule has 78 valence electrons. The highest BCUT2D eigenvalue weighted by Gasteiger charge is 2.30. The molecule has 1 aromatic heterocycles. The van der Waals surface area contributed by atoms with Crippen molar-refractivity contribution in [2.75, 3.05) is 11.9 Å². The van der Waals surface area contributed by atoms with Gasteiger partial charge in [0.05, 0.1) is 0 Å². The fraction of sp³-hybridized carbons (Fsp3) is 0.778. The van der Waals surface area contributed by atoms with Crippen molar-refractivity contribution in [1.29, 1.82) is 0 Å². The number of hydrogen-bond donors (Lipinski definition) is 1. The minimum Gasteiger partial charge on any atom is -0.347 e. The molecule has 1 aliphatic carbocycles. The predicted molar refractivity (Wildman–Crippen MR) is 58.7 cm³/mol. The van der Waals surface area contributed by atoms with Crippen molar-refractivity contribution in [2.45, 2.75) is 38.3 Å². The van der Waals surface area contributed by atoms with Crippen LogP contribution >= 0.6 is 11.5 Å². The number of nitrogens with two attached hydrogens (primary N) is 1. The van der Waals surface area contributed by atoms with E-state index in [2.05, 4.69) is 28.2 Å². The summed E-state index contributed by atoms with van der Waals surface area (Å²) < 4.78 is 4.27. The first-order valence-electron chi connectivity index (χ1n) is 5.01. The lowest BCUT2D eigenvalue weighted by Crippen LogP contribution is -2.49. The van der Waals surface area contributed by atoms with Gasteiger partial charge in [-0.15, -0.1) is 0 Å². The molecule has 2 rings (SSSR count). The molecule has 14 heavy (non-hydrogen) atoms. The third-order valence-electron chi connectivity index (χ3n) is 2.77. The first-order valence-corrected chi connectivity index (χ1v) is 5.79. The highest BCUT2D eigenvalue weighted by Crippen LogP contribution is 2.28. The molecule has 5 heteroatoms. The molecule has 2 N–H and O–H groups in total. The molecule has 0 radical (unpaired) electrons. The van der Waals surface area contributed by atoms with Gasteiger partial charge in [0.15, 0.2) is 0 Å². The summed E-state index contributed by atoms with van der Waals surface area (Å²) in [7, 11) is 2.08. The lowest BCUT2D eigenvalue weighted by atomic mass is 9.87. The van der Waals surface area contributed by atoms with Gasteiger partial charge >= 0.3 is 0 Å². The molecular weight excluding hydrogens is 196 g/mol. The Labute approximate surface area is 88.3 Å². The Morgan fingerprint density at radius 1 is 1.57 bits per heavy atom. The van der Waals surface area contributed by atoms with Crippen LogP contribution in [0.1, 0.15) is 25.6 Å². The fourth-order valence-electron chi connectivity index (χ4n) is 1.63. The molecule has 0 spiro atoms. The number of aryl methyl sites for hydroxylation is 1. The van der Waals surface area contributed by atoms with E-state index >= 15 is 0 Å². The van der Waals surface area contributed by atoms with Crippen LogP contribution in [0.2, 0.25) is 0 Å². The highest BCUT2D eigenvalue weighted by atomic mass is 32.1. The topological polar surface area (TPSA) is 55.0 Å². The molecule has 1 heterocycles. The standard InChI is InChI=1S/C9H16N4S/c1-3-8-11-9(14-12-8)13(2)7-4-6(10)5-7/h6-7H,3-5,10H2,1-2H3. The third kappa shape index (κ3) is 1.74. The van der Waals surface area contributed by atoms with E-state index in [-0.39, 0.29) is 0 Å². The summed E-state index contributed by atoms with van der Waals surface area (Å²) in [6.45, 7) is 2.07. The predicted octanol–water partition coefficient (Wildman–Crippen LogP) is 1.03. The summed E-state index contributed by atoms with van der Waals surface area (Å²) in [5, 5.41) is 1.03. The van der Waals surface area contributed by atoms with Gasteiger partial charge < -0.3 is 10.6 Å². The van der Waals surface area contributed by atoms with Crippen LogP contribution < -0.4 is 10.6 Å². The second kappa shape index (κ2) is 3.82. The molecule has 1 aliphatic rings. The van der Waals surface area contributed by atoms with E-state index in [0.717, 1.165) is 30.2 Å². The Morgan fingerprint density at radius 2 is 2.29 bits per heavy atom. The van der Waals surface area contributed by atoms with E-state index < -0.39 is 0 Å². The lowest BCUT2D eigenvalue weighted by Gasteiger charge is -2.38. The van der Waals surface area contributed by atoms with Crippen LogP contribution in [0.5, 0.6) is 0 Å². The van der Waals surface area contributed by atoms with Crippen molar-refractivity contribution >= 4 is 16.7 Å². The van der Waals surface area contributed by atoms with E-state index in [0.29, 0.717) is 12.1 Å². The maximum Gasteiger partial charge on any atom is 0.205 e. The maximum atomic E-state index is 5.76. The van der Waals surface area contributed by atoms with Crippen LogP contribution in [-0.2, 0) is 6.42 Å². The van der Waals surface area contributed by atoms with Crippen LogP contribution in [0.15, 0.2) is 0 Å². The summed E-state index contributed by atoms with van der Waals surface area (Å²) in [4.78, 5) is 6.66. The van der Waals surface area contributed by atoms with E-state index in [1.54, 1.807) is 0 Å². The molecule has 4 nitrogen and oxygen atoms in total. The lowest BCUT2D eigenvalue weighted by molar-refractivity contribution is 0.340. The van der Waals surface area contributed by atoms with Crippen LogP contribution in [0.3, 0.4) is 0 Å². The van der Waals surface area contributed by atoms with Crippen LogP contribution in [0.4, 0.5) is 5.13 Å². The molecule has 0 aliphatic heterocycles. The zero-order valence-corrected chi connectivity index (χ0v) is 9.42. The van der Waals surface area contributed by atoms with Crippen LogP contribution in [0.25, 0.3) is 0 Å². The Morgan fingerprint density at radius 3 is 2.79 bits per heavy atom. The van der Waals surface area contributed by atoms with Crippen molar-refractivity contribution in [3.63, 3.8) is 0 Å². The average Bonchev–Trinajstić information content (AvgIpc) is 2.60. The van der Waals surface area contributed by atoms with Crippen LogP contribution in [0, 0.1) is 0 Å². The monoisotopic (exact) mass is 212 g/mol. The van der Waals surface area contributed by atoms with Gasteiger partial charge in [-0.1, -0.05) is 6.92 Å². The second-order valence-corrected chi connectivity index (χ2v) is 4.57. The summed E-state index contributed by atoms with van der Waals surface area (Å²) in [6.07, 6.45) is 3.07. The highest BCUT2D eigenvalue weighted by molar-refractivity contribution is 7.09.